The van der Waals surface area contributed by atoms with E-state index in [2.05, 4.69) is 4.98 Å². The average molecular weight is 248 g/mol. The standard InChI is InChI=1S/C12H12N2O2S/c15-8-5-12(16)14(6-8)7-11-13-9-3-1-2-4-10(9)17-11/h1-4,8,15H,5-7H2. The highest BCUT2D eigenvalue weighted by atomic mass is 32.1. The van der Waals surface area contributed by atoms with Crippen LogP contribution < -0.4 is 0 Å². The van der Waals surface area contributed by atoms with Crippen LogP contribution >= 0.6 is 11.3 Å². The minimum Gasteiger partial charge on any atom is -0.391 e. The smallest absolute Gasteiger partial charge is 0.225 e. The molecule has 4 nitrogen and oxygen atoms in total. The molecule has 2 aromatic rings. The second-order valence-corrected chi connectivity index (χ2v) is 5.32. The molecular formula is C12H12N2O2S. The van der Waals surface area contributed by atoms with Gasteiger partial charge >= 0.3 is 0 Å². The van der Waals surface area contributed by atoms with Gasteiger partial charge in [-0.15, -0.1) is 11.3 Å². The Labute approximate surface area is 103 Å². The summed E-state index contributed by atoms with van der Waals surface area (Å²) >= 11 is 1.60. The van der Waals surface area contributed by atoms with E-state index in [-0.39, 0.29) is 12.3 Å². The fraction of sp³-hybridized carbons (Fsp3) is 0.333. The maximum absolute atomic E-state index is 11.5. The number of rotatable bonds is 2. The van der Waals surface area contributed by atoms with Gasteiger partial charge in [-0.3, -0.25) is 4.79 Å². The number of carbonyl (C=O) groups is 1. The van der Waals surface area contributed by atoms with E-state index < -0.39 is 6.10 Å². The summed E-state index contributed by atoms with van der Waals surface area (Å²) in [4.78, 5) is 17.7. The van der Waals surface area contributed by atoms with Crippen molar-refractivity contribution < 1.29 is 9.90 Å². The Morgan fingerprint density at radius 1 is 1.47 bits per heavy atom. The van der Waals surface area contributed by atoms with Crippen molar-refractivity contribution in [1.29, 1.82) is 0 Å². The summed E-state index contributed by atoms with van der Waals surface area (Å²) in [7, 11) is 0. The molecule has 1 amide bonds. The molecule has 0 bridgehead atoms. The molecule has 2 heterocycles. The van der Waals surface area contributed by atoms with E-state index in [9.17, 15) is 9.90 Å². The fourth-order valence-electron chi connectivity index (χ4n) is 2.05. The molecule has 0 aliphatic carbocycles. The number of amides is 1. The van der Waals surface area contributed by atoms with Crippen LogP contribution in [0.2, 0.25) is 0 Å². The molecule has 3 rings (SSSR count). The van der Waals surface area contributed by atoms with E-state index in [0.717, 1.165) is 15.2 Å². The van der Waals surface area contributed by atoms with Crippen molar-refractivity contribution in [2.45, 2.75) is 19.1 Å². The van der Waals surface area contributed by atoms with Gasteiger partial charge in [-0.2, -0.15) is 0 Å². The number of aromatic nitrogens is 1. The van der Waals surface area contributed by atoms with Gasteiger partial charge in [0.15, 0.2) is 0 Å². The molecule has 1 saturated heterocycles. The Kier molecular flexibility index (Phi) is 2.57. The van der Waals surface area contributed by atoms with E-state index in [0.29, 0.717) is 13.1 Å². The molecule has 0 spiro atoms. The molecule has 88 valence electrons. The Morgan fingerprint density at radius 2 is 2.29 bits per heavy atom. The molecule has 1 aromatic carbocycles. The number of carbonyl (C=O) groups excluding carboxylic acids is 1. The molecule has 1 aliphatic heterocycles. The summed E-state index contributed by atoms with van der Waals surface area (Å²) < 4.78 is 1.13. The lowest BCUT2D eigenvalue weighted by atomic mass is 10.3. The molecule has 1 N–H and O–H groups in total. The molecule has 1 fully saturated rings. The largest absolute Gasteiger partial charge is 0.391 e. The van der Waals surface area contributed by atoms with Crippen LogP contribution in [0.1, 0.15) is 11.4 Å². The van der Waals surface area contributed by atoms with Crippen LogP contribution in [-0.4, -0.2) is 33.5 Å². The molecule has 1 atom stereocenters. The van der Waals surface area contributed by atoms with Crippen molar-refractivity contribution >= 4 is 27.5 Å². The minimum absolute atomic E-state index is 0.0109. The number of aliphatic hydroxyl groups excluding tert-OH is 1. The summed E-state index contributed by atoms with van der Waals surface area (Å²) in [6, 6.07) is 7.93. The van der Waals surface area contributed by atoms with Crippen LogP contribution in [0, 0.1) is 0 Å². The molecule has 1 aromatic heterocycles. The van der Waals surface area contributed by atoms with E-state index in [1.54, 1.807) is 16.2 Å². The highest BCUT2D eigenvalue weighted by Gasteiger charge is 2.28. The molecular weight excluding hydrogens is 236 g/mol. The number of nitrogens with zero attached hydrogens (tertiary/aromatic N) is 2. The summed E-state index contributed by atoms with van der Waals surface area (Å²) in [6.45, 7) is 0.935. The summed E-state index contributed by atoms with van der Waals surface area (Å²) in [5.74, 6) is 0.0109. The van der Waals surface area contributed by atoms with Gasteiger partial charge < -0.3 is 10.0 Å². The van der Waals surface area contributed by atoms with Gasteiger partial charge in [0.1, 0.15) is 5.01 Å². The van der Waals surface area contributed by atoms with E-state index in [4.69, 9.17) is 0 Å². The lowest BCUT2D eigenvalue weighted by Gasteiger charge is -2.12. The Hall–Kier alpha value is -1.46. The molecule has 0 saturated carbocycles. The number of β-amino-alcohol motifs (C(OH)–C–C–N with tert-alkyl or cyclic N) is 1. The third-order valence-corrected chi connectivity index (χ3v) is 3.88. The van der Waals surface area contributed by atoms with Crippen molar-refractivity contribution in [3.05, 3.63) is 29.3 Å². The summed E-state index contributed by atoms with van der Waals surface area (Å²) in [5, 5.41) is 10.3. The number of likely N-dealkylation sites (tertiary alicyclic amines) is 1. The minimum atomic E-state index is -0.517. The summed E-state index contributed by atoms with van der Waals surface area (Å²) in [6.07, 6.45) is -0.276. The van der Waals surface area contributed by atoms with Crippen molar-refractivity contribution in [2.24, 2.45) is 0 Å². The third-order valence-electron chi connectivity index (χ3n) is 2.86. The number of aliphatic hydroxyl groups is 1. The van der Waals surface area contributed by atoms with Crippen LogP contribution in [0.3, 0.4) is 0 Å². The number of hydrogen-bond acceptors (Lipinski definition) is 4. The predicted octanol–water partition coefficient (Wildman–Crippen LogP) is 1.39. The molecule has 1 aliphatic rings. The van der Waals surface area contributed by atoms with Crippen LogP contribution in [0.15, 0.2) is 24.3 Å². The monoisotopic (exact) mass is 248 g/mol. The highest BCUT2D eigenvalue weighted by Crippen LogP contribution is 2.24. The van der Waals surface area contributed by atoms with E-state index >= 15 is 0 Å². The second-order valence-electron chi connectivity index (χ2n) is 4.21. The zero-order chi connectivity index (χ0) is 11.8. The van der Waals surface area contributed by atoms with Gasteiger partial charge in [0.2, 0.25) is 5.91 Å². The van der Waals surface area contributed by atoms with Crippen LogP contribution in [0.4, 0.5) is 0 Å². The van der Waals surface area contributed by atoms with E-state index in [1.165, 1.54) is 0 Å². The average Bonchev–Trinajstić information content (AvgIpc) is 2.82. The maximum Gasteiger partial charge on any atom is 0.225 e. The quantitative estimate of drug-likeness (QED) is 0.873. The zero-order valence-electron chi connectivity index (χ0n) is 9.17. The Bertz CT molecular complexity index is 533. The number of para-hydroxylation sites is 1. The normalized spacial score (nSPS) is 20.4. The number of benzene rings is 1. The summed E-state index contributed by atoms with van der Waals surface area (Å²) in [5.41, 5.74) is 0.972. The molecule has 0 radical (unpaired) electrons. The SMILES string of the molecule is O=C1CC(O)CN1Cc1nc2ccccc2s1. The van der Waals surface area contributed by atoms with Crippen LogP contribution in [0.5, 0.6) is 0 Å². The van der Waals surface area contributed by atoms with Crippen molar-refractivity contribution in [2.75, 3.05) is 6.54 Å². The van der Waals surface area contributed by atoms with Crippen LogP contribution in [0.25, 0.3) is 10.2 Å². The number of thiazole rings is 1. The fourth-order valence-corrected chi connectivity index (χ4v) is 3.04. The van der Waals surface area contributed by atoms with Crippen molar-refractivity contribution in [1.82, 2.24) is 9.88 Å². The van der Waals surface area contributed by atoms with Crippen molar-refractivity contribution in [3.8, 4) is 0 Å². The van der Waals surface area contributed by atoms with Crippen molar-refractivity contribution in [3.63, 3.8) is 0 Å². The molecule has 1 unspecified atom stereocenters. The first-order chi connectivity index (χ1) is 8.22. The van der Waals surface area contributed by atoms with Gasteiger partial charge in [0.25, 0.3) is 0 Å². The van der Waals surface area contributed by atoms with Gasteiger partial charge in [-0.1, -0.05) is 12.1 Å². The van der Waals surface area contributed by atoms with Gasteiger partial charge in [-0.05, 0) is 12.1 Å². The zero-order valence-corrected chi connectivity index (χ0v) is 9.98. The highest BCUT2D eigenvalue weighted by molar-refractivity contribution is 7.18. The molecule has 17 heavy (non-hydrogen) atoms. The second kappa shape index (κ2) is 4.09. The third kappa shape index (κ3) is 2.03. The Morgan fingerprint density at radius 3 is 3.00 bits per heavy atom. The number of fused-ring (bicyclic) bond motifs is 1. The number of hydrogen-bond donors (Lipinski definition) is 1. The van der Waals surface area contributed by atoms with Gasteiger partial charge in [-0.25, -0.2) is 4.98 Å². The predicted molar refractivity (Wildman–Crippen MR) is 65.7 cm³/mol. The maximum atomic E-state index is 11.5. The topological polar surface area (TPSA) is 53.4 Å². The first-order valence-electron chi connectivity index (χ1n) is 5.52. The first-order valence-corrected chi connectivity index (χ1v) is 6.34. The van der Waals surface area contributed by atoms with Gasteiger partial charge in [0.05, 0.1) is 29.3 Å². The first kappa shape index (κ1) is 10.7. The molecule has 5 heteroatoms. The van der Waals surface area contributed by atoms with Gasteiger partial charge in [0, 0.05) is 6.54 Å². The Balaban J connectivity index is 1.83. The van der Waals surface area contributed by atoms with Crippen LogP contribution in [-0.2, 0) is 11.3 Å². The van der Waals surface area contributed by atoms with E-state index in [1.807, 2.05) is 24.3 Å². The lowest BCUT2D eigenvalue weighted by Crippen LogP contribution is -2.25. The lowest BCUT2D eigenvalue weighted by molar-refractivity contribution is -0.128.